The maximum absolute atomic E-state index is 9.88. The summed E-state index contributed by atoms with van der Waals surface area (Å²) in [5, 5.41) is 22.0. The van der Waals surface area contributed by atoms with Gasteiger partial charge in [-0.2, -0.15) is 5.26 Å². The van der Waals surface area contributed by atoms with Crippen molar-refractivity contribution >= 4 is 0 Å². The van der Waals surface area contributed by atoms with E-state index in [1.54, 1.807) is 24.3 Å². The highest BCUT2D eigenvalue weighted by atomic mass is 16.5. The number of rotatable bonds is 8. The number of hydrogen-bond donors (Lipinski definition) is 2. The zero-order chi connectivity index (χ0) is 14.4. The SMILES string of the molecule is CC(CC1CC1)NCC(O)COc1cccc(C#N)c1. The van der Waals surface area contributed by atoms with Gasteiger partial charge in [0.15, 0.2) is 0 Å². The van der Waals surface area contributed by atoms with Gasteiger partial charge in [0.2, 0.25) is 0 Å². The van der Waals surface area contributed by atoms with Crippen LogP contribution in [0, 0.1) is 17.2 Å². The summed E-state index contributed by atoms with van der Waals surface area (Å²) in [7, 11) is 0. The first-order chi connectivity index (χ1) is 9.67. The molecule has 108 valence electrons. The van der Waals surface area contributed by atoms with Gasteiger partial charge in [-0.25, -0.2) is 0 Å². The second-order valence-corrected chi connectivity index (χ2v) is 5.59. The van der Waals surface area contributed by atoms with Crippen LogP contribution in [0.5, 0.6) is 5.75 Å². The Hall–Kier alpha value is -1.57. The van der Waals surface area contributed by atoms with Crippen LogP contribution in [0.3, 0.4) is 0 Å². The molecule has 1 aromatic rings. The first kappa shape index (κ1) is 14.8. The Labute approximate surface area is 120 Å². The quantitative estimate of drug-likeness (QED) is 0.761. The number of nitrogens with one attached hydrogen (secondary N) is 1. The standard InChI is InChI=1S/C16H22N2O2/c1-12(7-13-5-6-13)18-10-15(19)11-20-16-4-2-3-14(8-16)9-17/h2-4,8,12-13,15,18-19H,5-7,10-11H2,1H3. The van der Waals surface area contributed by atoms with Gasteiger partial charge in [0.05, 0.1) is 11.6 Å². The first-order valence-electron chi connectivity index (χ1n) is 7.22. The lowest BCUT2D eigenvalue weighted by atomic mass is 10.1. The van der Waals surface area contributed by atoms with E-state index in [9.17, 15) is 5.11 Å². The highest BCUT2D eigenvalue weighted by molar-refractivity contribution is 5.36. The number of hydrogen-bond acceptors (Lipinski definition) is 4. The topological polar surface area (TPSA) is 65.3 Å². The molecule has 1 fully saturated rings. The molecular weight excluding hydrogens is 252 g/mol. The molecule has 0 bridgehead atoms. The molecule has 2 unspecified atom stereocenters. The molecule has 1 aliphatic rings. The molecule has 0 amide bonds. The van der Waals surface area contributed by atoms with Gasteiger partial charge in [0, 0.05) is 12.6 Å². The van der Waals surface area contributed by atoms with Gasteiger partial charge in [-0.3, -0.25) is 0 Å². The van der Waals surface area contributed by atoms with E-state index in [1.165, 1.54) is 19.3 Å². The molecular formula is C16H22N2O2. The van der Waals surface area contributed by atoms with Crippen molar-refractivity contribution in [3.63, 3.8) is 0 Å². The van der Waals surface area contributed by atoms with Crippen LogP contribution >= 0.6 is 0 Å². The molecule has 2 rings (SSSR count). The fourth-order valence-corrected chi connectivity index (χ4v) is 2.18. The van der Waals surface area contributed by atoms with E-state index in [0.29, 0.717) is 23.9 Å². The maximum atomic E-state index is 9.88. The van der Waals surface area contributed by atoms with Crippen LogP contribution in [0.15, 0.2) is 24.3 Å². The molecule has 0 heterocycles. The van der Waals surface area contributed by atoms with Crippen molar-refractivity contribution in [1.82, 2.24) is 5.32 Å². The van der Waals surface area contributed by atoms with Crippen molar-refractivity contribution in [2.24, 2.45) is 5.92 Å². The Morgan fingerprint density at radius 3 is 3.00 bits per heavy atom. The monoisotopic (exact) mass is 274 g/mol. The average molecular weight is 274 g/mol. The van der Waals surface area contributed by atoms with Gasteiger partial charge >= 0.3 is 0 Å². The third kappa shape index (κ3) is 5.20. The fourth-order valence-electron chi connectivity index (χ4n) is 2.18. The summed E-state index contributed by atoms with van der Waals surface area (Å²) >= 11 is 0. The molecule has 2 atom stereocenters. The third-order valence-corrected chi connectivity index (χ3v) is 3.49. The molecule has 1 aromatic carbocycles. The summed E-state index contributed by atoms with van der Waals surface area (Å²) in [5.74, 6) is 1.51. The van der Waals surface area contributed by atoms with Crippen molar-refractivity contribution in [2.75, 3.05) is 13.2 Å². The van der Waals surface area contributed by atoms with Crippen LogP contribution in [-0.4, -0.2) is 30.4 Å². The van der Waals surface area contributed by atoms with Gasteiger partial charge in [0.25, 0.3) is 0 Å². The second-order valence-electron chi connectivity index (χ2n) is 5.59. The van der Waals surface area contributed by atoms with E-state index in [4.69, 9.17) is 10.00 Å². The number of nitrogens with zero attached hydrogens (tertiary/aromatic N) is 1. The summed E-state index contributed by atoms with van der Waals surface area (Å²) in [5.41, 5.74) is 0.563. The van der Waals surface area contributed by atoms with E-state index in [0.717, 1.165) is 5.92 Å². The summed E-state index contributed by atoms with van der Waals surface area (Å²) in [6, 6.07) is 9.47. The molecule has 4 heteroatoms. The third-order valence-electron chi connectivity index (χ3n) is 3.49. The minimum atomic E-state index is -0.539. The van der Waals surface area contributed by atoms with E-state index >= 15 is 0 Å². The Morgan fingerprint density at radius 1 is 1.50 bits per heavy atom. The van der Waals surface area contributed by atoms with Gasteiger partial charge in [-0.1, -0.05) is 18.9 Å². The van der Waals surface area contributed by atoms with Gasteiger partial charge in [-0.05, 0) is 37.5 Å². The van der Waals surface area contributed by atoms with Crippen LogP contribution < -0.4 is 10.1 Å². The van der Waals surface area contributed by atoms with E-state index < -0.39 is 6.10 Å². The van der Waals surface area contributed by atoms with Crippen LogP contribution in [0.25, 0.3) is 0 Å². The molecule has 0 radical (unpaired) electrons. The van der Waals surface area contributed by atoms with Gasteiger partial charge in [-0.15, -0.1) is 0 Å². The Bertz CT molecular complexity index is 466. The normalized spacial score (nSPS) is 17.2. The molecule has 0 aliphatic heterocycles. The summed E-state index contributed by atoms with van der Waals surface area (Å²) in [4.78, 5) is 0. The Balaban J connectivity index is 1.66. The van der Waals surface area contributed by atoms with Crippen molar-refractivity contribution in [3.8, 4) is 11.8 Å². The first-order valence-corrected chi connectivity index (χ1v) is 7.22. The zero-order valence-electron chi connectivity index (χ0n) is 11.9. The smallest absolute Gasteiger partial charge is 0.120 e. The zero-order valence-corrected chi connectivity index (χ0v) is 11.9. The molecule has 0 spiro atoms. The minimum absolute atomic E-state index is 0.234. The van der Waals surface area contributed by atoms with Crippen molar-refractivity contribution in [3.05, 3.63) is 29.8 Å². The summed E-state index contributed by atoms with van der Waals surface area (Å²) < 4.78 is 5.49. The predicted octanol–water partition coefficient (Wildman–Crippen LogP) is 2.08. The highest BCUT2D eigenvalue weighted by Crippen LogP contribution is 2.33. The number of aliphatic hydroxyl groups excluding tert-OH is 1. The molecule has 4 nitrogen and oxygen atoms in total. The summed E-state index contributed by atoms with van der Waals surface area (Å²) in [6.07, 6.45) is 3.36. The van der Waals surface area contributed by atoms with Crippen LogP contribution in [0.2, 0.25) is 0 Å². The lowest BCUT2D eigenvalue weighted by Crippen LogP contribution is -2.36. The molecule has 1 saturated carbocycles. The predicted molar refractivity (Wildman–Crippen MR) is 77.5 cm³/mol. The fraction of sp³-hybridized carbons (Fsp3) is 0.562. The number of aliphatic hydroxyl groups is 1. The minimum Gasteiger partial charge on any atom is -0.491 e. The number of ether oxygens (including phenoxy) is 1. The van der Waals surface area contributed by atoms with Crippen LogP contribution in [0.4, 0.5) is 0 Å². The second kappa shape index (κ2) is 7.28. The lowest BCUT2D eigenvalue weighted by Gasteiger charge is -2.17. The van der Waals surface area contributed by atoms with E-state index in [-0.39, 0.29) is 6.61 Å². The molecule has 0 aromatic heterocycles. The van der Waals surface area contributed by atoms with Crippen LogP contribution in [-0.2, 0) is 0 Å². The lowest BCUT2D eigenvalue weighted by molar-refractivity contribution is 0.103. The molecule has 20 heavy (non-hydrogen) atoms. The van der Waals surface area contributed by atoms with Crippen LogP contribution in [0.1, 0.15) is 31.7 Å². The number of nitriles is 1. The number of benzene rings is 1. The average Bonchev–Trinajstić information content (AvgIpc) is 3.27. The Kier molecular flexibility index (Phi) is 5.40. The molecule has 1 aliphatic carbocycles. The summed E-state index contributed by atoms with van der Waals surface area (Å²) in [6.45, 7) is 2.92. The molecule has 0 saturated heterocycles. The van der Waals surface area contributed by atoms with E-state index in [1.807, 2.05) is 0 Å². The van der Waals surface area contributed by atoms with Gasteiger partial charge < -0.3 is 15.2 Å². The Morgan fingerprint density at radius 2 is 2.30 bits per heavy atom. The van der Waals surface area contributed by atoms with Crippen molar-refractivity contribution < 1.29 is 9.84 Å². The van der Waals surface area contributed by atoms with Gasteiger partial charge in [0.1, 0.15) is 18.5 Å². The maximum Gasteiger partial charge on any atom is 0.120 e. The van der Waals surface area contributed by atoms with E-state index in [2.05, 4.69) is 18.3 Å². The molecule has 2 N–H and O–H groups in total. The largest absolute Gasteiger partial charge is 0.491 e. The highest BCUT2D eigenvalue weighted by Gasteiger charge is 2.23. The van der Waals surface area contributed by atoms with Crippen molar-refractivity contribution in [2.45, 2.75) is 38.3 Å². The van der Waals surface area contributed by atoms with Crippen molar-refractivity contribution in [1.29, 1.82) is 5.26 Å².